The average molecular weight is 315 g/mol. The minimum atomic E-state index is -0.826. The first-order valence-electron chi connectivity index (χ1n) is 7.64. The molecule has 22 heavy (non-hydrogen) atoms. The van der Waals surface area contributed by atoms with Crippen LogP contribution in [0, 0.1) is 0 Å². The number of hydrogen-bond acceptors (Lipinski definition) is 5. The number of hydrogen-bond donors (Lipinski definition) is 2. The van der Waals surface area contributed by atoms with Crippen LogP contribution in [0.3, 0.4) is 0 Å². The maximum absolute atomic E-state index is 11.9. The highest BCUT2D eigenvalue weighted by atomic mass is 16.6. The summed E-state index contributed by atoms with van der Waals surface area (Å²) >= 11 is 0. The molecule has 6 heteroatoms. The summed E-state index contributed by atoms with van der Waals surface area (Å²) in [5.41, 5.74) is -0.646. The van der Waals surface area contributed by atoms with E-state index in [1.165, 1.54) is 0 Å². The summed E-state index contributed by atoms with van der Waals surface area (Å²) in [5.74, 6) is -0.524. The van der Waals surface area contributed by atoms with E-state index in [0.717, 1.165) is 0 Å². The SMILES string of the molecule is C=CCCC(O)CC[C@H](NC(=O)OC(C)(C)C)C(=O)OCC. The van der Waals surface area contributed by atoms with Gasteiger partial charge in [0.2, 0.25) is 0 Å². The Morgan fingerprint density at radius 1 is 1.27 bits per heavy atom. The molecule has 0 radical (unpaired) electrons. The van der Waals surface area contributed by atoms with E-state index in [1.54, 1.807) is 33.8 Å². The van der Waals surface area contributed by atoms with Crippen LogP contribution < -0.4 is 5.32 Å². The van der Waals surface area contributed by atoms with Crippen LogP contribution in [0.2, 0.25) is 0 Å². The number of carbonyl (C=O) groups is 2. The number of nitrogens with one attached hydrogen (secondary N) is 1. The lowest BCUT2D eigenvalue weighted by Crippen LogP contribution is -2.44. The van der Waals surface area contributed by atoms with E-state index >= 15 is 0 Å². The summed E-state index contributed by atoms with van der Waals surface area (Å²) in [4.78, 5) is 23.7. The van der Waals surface area contributed by atoms with Gasteiger partial charge in [-0.3, -0.25) is 0 Å². The van der Waals surface area contributed by atoms with Crippen molar-refractivity contribution in [2.45, 2.75) is 71.1 Å². The molecule has 0 aliphatic carbocycles. The van der Waals surface area contributed by atoms with Gasteiger partial charge in [0.05, 0.1) is 12.7 Å². The standard InChI is InChI=1S/C16H29NO5/c1-6-8-9-12(18)10-11-13(14(19)21-7-2)17-15(20)22-16(3,4)5/h6,12-13,18H,1,7-11H2,2-5H3,(H,17,20)/t12?,13-/m0/s1. The Morgan fingerprint density at radius 2 is 1.91 bits per heavy atom. The fraction of sp³-hybridized carbons (Fsp3) is 0.750. The highest BCUT2D eigenvalue weighted by Gasteiger charge is 2.25. The van der Waals surface area contributed by atoms with Gasteiger partial charge in [-0.25, -0.2) is 9.59 Å². The molecule has 0 heterocycles. The Bertz CT molecular complexity index is 362. The van der Waals surface area contributed by atoms with Crippen LogP contribution in [0.5, 0.6) is 0 Å². The molecule has 128 valence electrons. The third-order valence-electron chi connectivity index (χ3n) is 2.75. The van der Waals surface area contributed by atoms with Crippen LogP contribution in [-0.4, -0.2) is 41.5 Å². The molecular formula is C16H29NO5. The monoisotopic (exact) mass is 315 g/mol. The topological polar surface area (TPSA) is 84.9 Å². The zero-order valence-electron chi connectivity index (χ0n) is 14.1. The number of esters is 1. The second-order valence-corrected chi connectivity index (χ2v) is 6.05. The Balaban J connectivity index is 4.53. The number of aliphatic hydroxyl groups excluding tert-OH is 1. The Hall–Kier alpha value is -1.56. The quantitative estimate of drug-likeness (QED) is 0.504. The number of rotatable bonds is 9. The first-order chi connectivity index (χ1) is 10.2. The number of allylic oxidation sites excluding steroid dienone is 1. The normalized spacial score (nSPS) is 13.9. The molecule has 0 aliphatic rings. The van der Waals surface area contributed by atoms with Crippen LogP contribution >= 0.6 is 0 Å². The molecule has 0 spiro atoms. The number of carbonyl (C=O) groups excluding carboxylic acids is 2. The molecule has 0 rings (SSSR count). The number of aliphatic hydroxyl groups is 1. The lowest BCUT2D eigenvalue weighted by atomic mass is 10.0. The van der Waals surface area contributed by atoms with Crippen molar-refractivity contribution in [3.8, 4) is 0 Å². The summed E-state index contributed by atoms with van der Waals surface area (Å²) < 4.78 is 10.1. The molecule has 6 nitrogen and oxygen atoms in total. The van der Waals surface area contributed by atoms with Gasteiger partial charge < -0.3 is 19.9 Å². The molecule has 2 N–H and O–H groups in total. The van der Waals surface area contributed by atoms with E-state index in [2.05, 4.69) is 11.9 Å². The predicted octanol–water partition coefficient (Wildman–Crippen LogP) is 2.55. The van der Waals surface area contributed by atoms with Crippen LogP contribution in [-0.2, 0) is 14.3 Å². The average Bonchev–Trinajstić information content (AvgIpc) is 2.39. The molecule has 1 unspecified atom stereocenters. The lowest BCUT2D eigenvalue weighted by Gasteiger charge is -2.23. The predicted molar refractivity (Wildman–Crippen MR) is 84.5 cm³/mol. The van der Waals surface area contributed by atoms with Crippen molar-refractivity contribution in [3.05, 3.63) is 12.7 Å². The van der Waals surface area contributed by atoms with Gasteiger partial charge in [0, 0.05) is 0 Å². The second-order valence-electron chi connectivity index (χ2n) is 6.05. The Morgan fingerprint density at radius 3 is 2.41 bits per heavy atom. The fourth-order valence-electron chi connectivity index (χ4n) is 1.76. The zero-order valence-corrected chi connectivity index (χ0v) is 14.1. The maximum atomic E-state index is 11.9. The molecule has 0 aromatic carbocycles. The summed E-state index contributed by atoms with van der Waals surface area (Å²) in [6, 6.07) is -0.826. The number of ether oxygens (including phenoxy) is 2. The molecule has 0 aromatic rings. The molecule has 0 bridgehead atoms. The highest BCUT2D eigenvalue weighted by molar-refractivity contribution is 5.81. The lowest BCUT2D eigenvalue weighted by molar-refractivity contribution is -0.146. The van der Waals surface area contributed by atoms with Crippen molar-refractivity contribution in [2.75, 3.05) is 6.61 Å². The van der Waals surface area contributed by atoms with Gasteiger partial charge in [-0.1, -0.05) is 6.08 Å². The molecule has 0 aliphatic heterocycles. The molecule has 0 aromatic heterocycles. The Kier molecular flexibility index (Phi) is 9.49. The first kappa shape index (κ1) is 20.4. The van der Waals surface area contributed by atoms with Crippen molar-refractivity contribution in [1.82, 2.24) is 5.32 Å². The van der Waals surface area contributed by atoms with Gasteiger partial charge in [-0.05, 0) is 53.4 Å². The molecule has 0 saturated carbocycles. The van der Waals surface area contributed by atoms with E-state index < -0.39 is 29.8 Å². The third-order valence-corrected chi connectivity index (χ3v) is 2.75. The third kappa shape index (κ3) is 10.2. The number of alkyl carbamates (subject to hydrolysis) is 1. The maximum Gasteiger partial charge on any atom is 0.408 e. The van der Waals surface area contributed by atoms with Gasteiger partial charge in [0.1, 0.15) is 11.6 Å². The highest BCUT2D eigenvalue weighted by Crippen LogP contribution is 2.11. The number of amides is 1. The van der Waals surface area contributed by atoms with Crippen molar-refractivity contribution in [3.63, 3.8) is 0 Å². The summed E-state index contributed by atoms with van der Waals surface area (Å²) in [6.45, 7) is 10.7. The van der Waals surface area contributed by atoms with E-state index in [4.69, 9.17) is 9.47 Å². The minimum absolute atomic E-state index is 0.227. The van der Waals surface area contributed by atoms with Crippen molar-refractivity contribution in [1.29, 1.82) is 0 Å². The summed E-state index contributed by atoms with van der Waals surface area (Å²) in [7, 11) is 0. The van der Waals surface area contributed by atoms with Gasteiger partial charge in [-0.15, -0.1) is 6.58 Å². The first-order valence-corrected chi connectivity index (χ1v) is 7.64. The van der Waals surface area contributed by atoms with Crippen molar-refractivity contribution >= 4 is 12.1 Å². The zero-order chi connectivity index (χ0) is 17.2. The van der Waals surface area contributed by atoms with E-state index in [0.29, 0.717) is 19.3 Å². The molecule has 0 saturated heterocycles. The van der Waals surface area contributed by atoms with Gasteiger partial charge in [-0.2, -0.15) is 0 Å². The van der Waals surface area contributed by atoms with Gasteiger partial charge in [0.15, 0.2) is 0 Å². The summed E-state index contributed by atoms with van der Waals surface area (Å²) in [6.07, 6.45) is 2.45. The molecule has 2 atom stereocenters. The molecule has 1 amide bonds. The molecule has 0 fully saturated rings. The smallest absolute Gasteiger partial charge is 0.408 e. The minimum Gasteiger partial charge on any atom is -0.464 e. The van der Waals surface area contributed by atoms with Crippen LogP contribution in [0.25, 0.3) is 0 Å². The fourth-order valence-corrected chi connectivity index (χ4v) is 1.76. The summed E-state index contributed by atoms with van der Waals surface area (Å²) in [5, 5.41) is 12.3. The largest absolute Gasteiger partial charge is 0.464 e. The van der Waals surface area contributed by atoms with E-state index in [9.17, 15) is 14.7 Å². The molecular weight excluding hydrogens is 286 g/mol. The second kappa shape index (κ2) is 10.2. The Labute approximate surface area is 132 Å². The van der Waals surface area contributed by atoms with Crippen molar-refractivity contribution in [2.24, 2.45) is 0 Å². The van der Waals surface area contributed by atoms with Gasteiger partial charge >= 0.3 is 12.1 Å². The van der Waals surface area contributed by atoms with Crippen LogP contribution in [0.15, 0.2) is 12.7 Å². The van der Waals surface area contributed by atoms with Crippen LogP contribution in [0.4, 0.5) is 4.79 Å². The van der Waals surface area contributed by atoms with Gasteiger partial charge in [0.25, 0.3) is 0 Å². The van der Waals surface area contributed by atoms with E-state index in [1.807, 2.05) is 0 Å². The van der Waals surface area contributed by atoms with E-state index in [-0.39, 0.29) is 13.0 Å². The van der Waals surface area contributed by atoms with Crippen molar-refractivity contribution < 1.29 is 24.2 Å². The van der Waals surface area contributed by atoms with Crippen LogP contribution in [0.1, 0.15) is 53.4 Å².